The normalized spacial score (nSPS) is 21.8. The quantitative estimate of drug-likeness (QED) is 0.375. The first-order valence-electron chi connectivity index (χ1n) is 12.6. The summed E-state index contributed by atoms with van der Waals surface area (Å²) in [6, 6.07) is 4.49. The summed E-state index contributed by atoms with van der Waals surface area (Å²) in [4.78, 5) is 29.8. The monoisotopic (exact) mass is 499 g/mol. The number of halogens is 1. The lowest BCUT2D eigenvalue weighted by atomic mass is 9.90. The van der Waals surface area contributed by atoms with Gasteiger partial charge >= 0.3 is 6.16 Å². The fourth-order valence-corrected chi connectivity index (χ4v) is 5.65. The van der Waals surface area contributed by atoms with Crippen LogP contribution in [0.3, 0.4) is 0 Å². The molecular formula is C26H32FN4O5+. The number of rotatable bonds is 6. The maximum Gasteiger partial charge on any atom is 0.512 e. The Balaban J connectivity index is 1.35. The Kier molecular flexibility index (Phi) is 6.79. The van der Waals surface area contributed by atoms with Crippen molar-refractivity contribution in [2.24, 2.45) is 0 Å². The van der Waals surface area contributed by atoms with E-state index in [0.29, 0.717) is 23.0 Å². The molecule has 0 atom stereocenters. The highest BCUT2D eigenvalue weighted by molar-refractivity contribution is 5.79. The van der Waals surface area contributed by atoms with E-state index in [0.717, 1.165) is 79.9 Å². The molecule has 10 heteroatoms. The fraction of sp³-hybridized carbons (Fsp3) is 0.538. The first-order valence-corrected chi connectivity index (χ1v) is 12.6. The van der Waals surface area contributed by atoms with E-state index < -0.39 is 6.16 Å². The van der Waals surface area contributed by atoms with Gasteiger partial charge < -0.3 is 14.0 Å². The molecule has 4 heterocycles. The van der Waals surface area contributed by atoms with E-state index in [4.69, 9.17) is 19.0 Å². The van der Waals surface area contributed by atoms with Gasteiger partial charge in [-0.2, -0.15) is 0 Å². The van der Waals surface area contributed by atoms with Crippen molar-refractivity contribution in [2.75, 3.05) is 33.5 Å². The molecule has 192 valence electrons. The number of hydrogen-bond acceptors (Lipinski definition) is 7. The minimum Gasteiger partial charge on any atom is -0.437 e. The number of aryl methyl sites for hydroxylation is 2. The molecule has 0 bridgehead atoms. The molecule has 0 unspecified atom stereocenters. The van der Waals surface area contributed by atoms with Crippen molar-refractivity contribution in [3.05, 3.63) is 57.1 Å². The third-order valence-corrected chi connectivity index (χ3v) is 7.79. The van der Waals surface area contributed by atoms with Crippen LogP contribution in [0, 0.1) is 12.7 Å². The summed E-state index contributed by atoms with van der Waals surface area (Å²) in [7, 11) is 1.29. The van der Waals surface area contributed by atoms with Crippen LogP contribution in [0.5, 0.6) is 0 Å². The Hall–Kier alpha value is -3.27. The van der Waals surface area contributed by atoms with Crippen LogP contribution in [0.1, 0.15) is 54.4 Å². The third-order valence-electron chi connectivity index (χ3n) is 7.79. The predicted octanol–water partition coefficient (Wildman–Crippen LogP) is 3.85. The highest BCUT2D eigenvalue weighted by Gasteiger charge is 2.37. The van der Waals surface area contributed by atoms with Gasteiger partial charge in [0.05, 0.1) is 32.4 Å². The van der Waals surface area contributed by atoms with Crippen molar-refractivity contribution in [3.63, 3.8) is 0 Å². The van der Waals surface area contributed by atoms with Crippen LogP contribution in [0.15, 0.2) is 27.5 Å². The van der Waals surface area contributed by atoms with E-state index in [9.17, 15) is 14.0 Å². The van der Waals surface area contributed by atoms with Gasteiger partial charge in [0, 0.05) is 60.9 Å². The zero-order valence-corrected chi connectivity index (χ0v) is 20.8. The van der Waals surface area contributed by atoms with Crippen LogP contribution in [0.2, 0.25) is 0 Å². The van der Waals surface area contributed by atoms with Crippen LogP contribution >= 0.6 is 0 Å². The minimum absolute atomic E-state index is 0.0559. The highest BCUT2D eigenvalue weighted by Crippen LogP contribution is 2.35. The molecule has 1 aromatic carbocycles. The van der Waals surface area contributed by atoms with E-state index in [1.165, 1.54) is 19.2 Å². The number of ether oxygens (including phenoxy) is 2. The summed E-state index contributed by atoms with van der Waals surface area (Å²) < 4.78 is 31.4. The number of likely N-dealkylation sites (tertiary alicyclic amines) is 1. The average molecular weight is 500 g/mol. The molecule has 1 fully saturated rings. The van der Waals surface area contributed by atoms with Crippen molar-refractivity contribution in [1.29, 1.82) is 0 Å². The van der Waals surface area contributed by atoms with Crippen molar-refractivity contribution in [2.45, 2.75) is 57.9 Å². The molecule has 1 saturated heterocycles. The number of fused-ring (bicyclic) bond motifs is 2. The Morgan fingerprint density at radius 1 is 1.28 bits per heavy atom. The molecule has 0 aliphatic carbocycles. The van der Waals surface area contributed by atoms with Crippen LogP contribution < -0.4 is 5.56 Å². The van der Waals surface area contributed by atoms with Gasteiger partial charge in [0.1, 0.15) is 11.6 Å². The van der Waals surface area contributed by atoms with Gasteiger partial charge in [-0.3, -0.25) is 13.8 Å². The second kappa shape index (κ2) is 10.0. The van der Waals surface area contributed by atoms with E-state index in [2.05, 4.69) is 5.16 Å². The summed E-state index contributed by atoms with van der Waals surface area (Å²) in [5.41, 5.74) is 2.87. The Bertz CT molecular complexity index is 1330. The van der Waals surface area contributed by atoms with E-state index in [1.54, 1.807) is 6.07 Å². The maximum atomic E-state index is 13.6. The molecule has 2 aliphatic heterocycles. The zero-order chi connectivity index (χ0) is 25.3. The lowest BCUT2D eigenvalue weighted by Crippen LogP contribution is -2.55. The number of nitrogens with zero attached hydrogens (tertiary/aromatic N) is 4. The molecule has 5 rings (SSSR count). The SMILES string of the molecule is COC(=O)OC[N+]1(CCc2c(C)nc3n(c2=O)CCCC3)CCC(c2noc3cc(F)ccc23)CC1. The molecule has 0 N–H and O–H groups in total. The number of aromatic nitrogens is 3. The lowest BCUT2D eigenvalue weighted by molar-refractivity contribution is -0.948. The van der Waals surface area contributed by atoms with Crippen LogP contribution in [-0.2, 0) is 28.9 Å². The number of piperidine rings is 1. The first-order chi connectivity index (χ1) is 17.4. The minimum atomic E-state index is -0.717. The lowest BCUT2D eigenvalue weighted by Gasteiger charge is -2.42. The van der Waals surface area contributed by atoms with Gasteiger partial charge in [-0.05, 0) is 31.9 Å². The van der Waals surface area contributed by atoms with E-state index in [-0.39, 0.29) is 24.0 Å². The van der Waals surface area contributed by atoms with Gasteiger partial charge in [-0.15, -0.1) is 0 Å². The van der Waals surface area contributed by atoms with Crippen molar-refractivity contribution < 1.29 is 27.7 Å². The third kappa shape index (κ3) is 4.74. The van der Waals surface area contributed by atoms with Crippen molar-refractivity contribution in [1.82, 2.24) is 14.7 Å². The molecule has 0 saturated carbocycles. The van der Waals surface area contributed by atoms with Crippen molar-refractivity contribution in [3.8, 4) is 0 Å². The second-order valence-electron chi connectivity index (χ2n) is 9.98. The molecular weight excluding hydrogens is 467 g/mol. The Morgan fingerprint density at radius 3 is 2.86 bits per heavy atom. The zero-order valence-electron chi connectivity index (χ0n) is 20.8. The van der Waals surface area contributed by atoms with Gasteiger partial charge in [0.25, 0.3) is 5.56 Å². The number of quaternary nitrogens is 1. The maximum absolute atomic E-state index is 13.6. The van der Waals surface area contributed by atoms with Crippen molar-refractivity contribution >= 4 is 17.1 Å². The molecule has 9 nitrogen and oxygen atoms in total. The van der Waals surface area contributed by atoms with Gasteiger partial charge in [-0.25, -0.2) is 14.2 Å². The average Bonchev–Trinajstić information content (AvgIpc) is 3.30. The summed E-state index contributed by atoms with van der Waals surface area (Å²) in [6.07, 6.45) is 4.33. The van der Waals surface area contributed by atoms with Gasteiger partial charge in [0.15, 0.2) is 5.58 Å². The topological polar surface area (TPSA) is 96.5 Å². The summed E-state index contributed by atoms with van der Waals surface area (Å²) in [6.45, 7) is 4.91. The van der Waals surface area contributed by atoms with Crippen LogP contribution in [0.25, 0.3) is 11.0 Å². The number of hydrogen-bond donors (Lipinski definition) is 0. The van der Waals surface area contributed by atoms with E-state index >= 15 is 0 Å². The number of carbonyl (C=O) groups is 1. The summed E-state index contributed by atoms with van der Waals surface area (Å²) in [5, 5.41) is 5.08. The molecule has 3 aromatic rings. The molecule has 36 heavy (non-hydrogen) atoms. The molecule has 0 radical (unpaired) electrons. The predicted molar refractivity (Wildman–Crippen MR) is 129 cm³/mol. The second-order valence-corrected chi connectivity index (χ2v) is 9.98. The van der Waals surface area contributed by atoms with Crippen LogP contribution in [0.4, 0.5) is 9.18 Å². The summed E-state index contributed by atoms with van der Waals surface area (Å²) >= 11 is 0. The Morgan fingerprint density at radius 2 is 2.08 bits per heavy atom. The van der Waals surface area contributed by atoms with Crippen LogP contribution in [-0.4, -0.2) is 58.8 Å². The molecule has 0 spiro atoms. The largest absolute Gasteiger partial charge is 0.512 e. The molecule has 2 aromatic heterocycles. The smallest absolute Gasteiger partial charge is 0.437 e. The fourth-order valence-electron chi connectivity index (χ4n) is 5.65. The number of benzene rings is 1. The van der Waals surface area contributed by atoms with Gasteiger partial charge in [-0.1, -0.05) is 5.16 Å². The number of methoxy groups -OCH3 is 1. The summed E-state index contributed by atoms with van der Waals surface area (Å²) in [5.74, 6) is 0.678. The standard InChI is InChI=1S/C26H32FN4O5/c1-17-20(25(32)30-11-4-3-5-23(30)28-17)10-14-31(16-35-26(33)34-2)12-8-18(9-13-31)24-21-7-6-19(27)15-22(21)36-29-24/h6-7,15,18H,3-5,8-14,16H2,1-2H3/q+1. The van der Waals surface area contributed by atoms with Gasteiger partial charge in [0.2, 0.25) is 6.73 Å². The molecule has 0 amide bonds. The number of carbonyl (C=O) groups excluding carboxylic acids is 1. The molecule has 2 aliphatic rings. The first kappa shape index (κ1) is 24.4. The van der Waals surface area contributed by atoms with E-state index in [1.807, 2.05) is 11.5 Å². The highest BCUT2D eigenvalue weighted by atomic mass is 19.1. The Labute approximate surface area is 208 Å².